The summed E-state index contributed by atoms with van der Waals surface area (Å²) in [6.45, 7) is 4.82. The van der Waals surface area contributed by atoms with Crippen LogP contribution in [0.1, 0.15) is 13.8 Å². The molecule has 0 aromatic rings. The van der Waals surface area contributed by atoms with Crippen molar-refractivity contribution in [1.29, 1.82) is 0 Å². The molecule has 0 radical (unpaired) electrons. The van der Waals surface area contributed by atoms with Crippen molar-refractivity contribution < 1.29 is 9.53 Å². The molecule has 1 heterocycles. The van der Waals surface area contributed by atoms with Crippen molar-refractivity contribution in [3.8, 4) is 0 Å². The van der Waals surface area contributed by atoms with Gasteiger partial charge in [-0.1, -0.05) is 13.8 Å². The molecule has 1 fully saturated rings. The van der Waals surface area contributed by atoms with Gasteiger partial charge in [-0.2, -0.15) is 0 Å². The van der Waals surface area contributed by atoms with Crippen LogP contribution in [0.3, 0.4) is 0 Å². The van der Waals surface area contributed by atoms with Crippen LogP contribution in [0.5, 0.6) is 0 Å². The molecule has 74 valence electrons. The molecule has 13 heavy (non-hydrogen) atoms. The van der Waals surface area contributed by atoms with Crippen molar-refractivity contribution in [2.24, 2.45) is 11.7 Å². The number of ether oxygens (including phenoxy) is 1. The molecule has 1 saturated heterocycles. The van der Waals surface area contributed by atoms with Crippen molar-refractivity contribution in [3.05, 3.63) is 0 Å². The van der Waals surface area contributed by atoms with E-state index in [0.29, 0.717) is 13.2 Å². The van der Waals surface area contributed by atoms with Crippen molar-refractivity contribution in [2.45, 2.75) is 19.9 Å². The molecule has 1 aliphatic rings. The quantitative estimate of drug-likeness (QED) is 0.646. The van der Waals surface area contributed by atoms with Crippen molar-refractivity contribution in [3.63, 3.8) is 0 Å². The van der Waals surface area contributed by atoms with E-state index >= 15 is 0 Å². The highest BCUT2D eigenvalue weighted by Gasteiger charge is 2.30. The monoisotopic (exact) mass is 202 g/mol. The predicted molar refractivity (Wildman–Crippen MR) is 53.1 cm³/mol. The highest BCUT2D eigenvalue weighted by molar-refractivity contribution is 7.80. The van der Waals surface area contributed by atoms with Crippen LogP contribution in [0.2, 0.25) is 0 Å². The number of carbonyl (C=O) groups is 1. The van der Waals surface area contributed by atoms with Gasteiger partial charge < -0.3 is 10.5 Å². The number of nitrogens with two attached hydrogens (primary N) is 1. The average molecular weight is 202 g/mol. The molecule has 0 spiro atoms. The Morgan fingerprint density at radius 1 is 1.69 bits per heavy atom. The summed E-state index contributed by atoms with van der Waals surface area (Å²) in [6.07, 6.45) is 0. The third kappa shape index (κ3) is 2.16. The maximum absolute atomic E-state index is 11.6. The average Bonchev–Trinajstić information content (AvgIpc) is 2.48. The lowest BCUT2D eigenvalue weighted by molar-refractivity contribution is -0.129. The third-order valence-electron chi connectivity index (χ3n) is 2.03. The molecule has 2 N–H and O–H groups in total. The first-order chi connectivity index (χ1) is 6.04. The van der Waals surface area contributed by atoms with Crippen LogP contribution in [0.25, 0.3) is 0 Å². The molecule has 0 saturated carbocycles. The van der Waals surface area contributed by atoms with Gasteiger partial charge in [0.1, 0.15) is 6.61 Å². The van der Waals surface area contributed by atoms with E-state index in [1.807, 2.05) is 13.8 Å². The number of hydrogen-bond donors (Lipinski definition) is 1. The summed E-state index contributed by atoms with van der Waals surface area (Å²) in [7, 11) is 0. The number of hydrogen-bond acceptors (Lipinski definition) is 4. The van der Waals surface area contributed by atoms with Crippen LogP contribution in [0.15, 0.2) is 0 Å². The Bertz CT molecular complexity index is 230. The Balaban J connectivity index is 2.61. The minimum atomic E-state index is -0.486. The SMILES string of the molecule is CC(C)[C@@H](N)C(=O)N1CCOC1=S. The Morgan fingerprint density at radius 3 is 2.69 bits per heavy atom. The maximum atomic E-state index is 11.6. The standard InChI is InChI=1S/C8H14N2O2S/c1-5(2)6(9)7(11)10-3-4-12-8(10)13/h5-6H,3-4,9H2,1-2H3/t6-/m1/s1. The van der Waals surface area contributed by atoms with Gasteiger partial charge in [-0.3, -0.25) is 9.69 Å². The number of nitrogens with zero attached hydrogens (tertiary/aromatic N) is 1. The summed E-state index contributed by atoms with van der Waals surface area (Å²) in [5, 5.41) is 0.251. The molecule has 0 unspecified atom stereocenters. The van der Waals surface area contributed by atoms with Gasteiger partial charge in [-0.15, -0.1) is 0 Å². The summed E-state index contributed by atoms with van der Waals surface area (Å²) in [4.78, 5) is 13.1. The van der Waals surface area contributed by atoms with E-state index in [1.54, 1.807) is 0 Å². The number of carbonyl (C=O) groups excluding carboxylic acids is 1. The van der Waals surface area contributed by atoms with E-state index in [2.05, 4.69) is 0 Å². The third-order valence-corrected chi connectivity index (χ3v) is 2.37. The lowest BCUT2D eigenvalue weighted by Crippen LogP contribution is -2.46. The Morgan fingerprint density at radius 2 is 2.31 bits per heavy atom. The van der Waals surface area contributed by atoms with E-state index in [1.165, 1.54) is 4.90 Å². The van der Waals surface area contributed by atoms with Gasteiger partial charge in [-0.25, -0.2) is 0 Å². The Hall–Kier alpha value is -0.680. The van der Waals surface area contributed by atoms with Gasteiger partial charge in [0.25, 0.3) is 5.17 Å². The summed E-state index contributed by atoms with van der Waals surface area (Å²) in [6, 6.07) is -0.486. The van der Waals surface area contributed by atoms with Crippen LogP contribution in [0, 0.1) is 5.92 Å². The fraction of sp³-hybridized carbons (Fsp3) is 0.750. The van der Waals surface area contributed by atoms with Gasteiger partial charge in [0.15, 0.2) is 0 Å². The van der Waals surface area contributed by atoms with E-state index in [-0.39, 0.29) is 17.0 Å². The van der Waals surface area contributed by atoms with Crippen LogP contribution in [-0.4, -0.2) is 35.2 Å². The predicted octanol–water partition coefficient (Wildman–Crippen LogP) is 0.113. The second kappa shape index (κ2) is 4.02. The molecule has 1 amide bonds. The first kappa shape index (κ1) is 10.4. The zero-order valence-electron chi connectivity index (χ0n) is 7.82. The van der Waals surface area contributed by atoms with Crippen LogP contribution in [-0.2, 0) is 9.53 Å². The van der Waals surface area contributed by atoms with E-state index in [9.17, 15) is 4.79 Å². The molecule has 4 nitrogen and oxygen atoms in total. The van der Waals surface area contributed by atoms with E-state index < -0.39 is 6.04 Å². The van der Waals surface area contributed by atoms with Gasteiger partial charge >= 0.3 is 0 Å². The molecule has 0 bridgehead atoms. The minimum Gasteiger partial charge on any atom is -0.469 e. The molecule has 1 rings (SSSR count). The molecule has 0 aromatic heterocycles. The highest BCUT2D eigenvalue weighted by atomic mass is 32.1. The minimum absolute atomic E-state index is 0.121. The molecule has 1 atom stereocenters. The second-order valence-electron chi connectivity index (χ2n) is 3.37. The number of thiocarbonyl (C=S) groups is 1. The normalized spacial score (nSPS) is 19.1. The largest absolute Gasteiger partial charge is 0.469 e. The zero-order chi connectivity index (χ0) is 10.0. The summed E-state index contributed by atoms with van der Waals surface area (Å²) < 4.78 is 5.00. The number of amides is 1. The topological polar surface area (TPSA) is 55.6 Å². The van der Waals surface area contributed by atoms with Crippen LogP contribution in [0.4, 0.5) is 0 Å². The Labute approximate surface area is 83.0 Å². The van der Waals surface area contributed by atoms with Gasteiger partial charge in [-0.05, 0) is 18.1 Å². The van der Waals surface area contributed by atoms with Gasteiger partial charge in [0, 0.05) is 0 Å². The summed E-state index contributed by atoms with van der Waals surface area (Å²) >= 11 is 4.85. The first-order valence-corrected chi connectivity index (χ1v) is 4.68. The molecule has 1 aliphatic heterocycles. The zero-order valence-corrected chi connectivity index (χ0v) is 8.63. The lowest BCUT2D eigenvalue weighted by atomic mass is 10.0. The van der Waals surface area contributed by atoms with Crippen molar-refractivity contribution in [1.82, 2.24) is 4.90 Å². The van der Waals surface area contributed by atoms with Crippen LogP contribution < -0.4 is 5.73 Å². The fourth-order valence-electron chi connectivity index (χ4n) is 1.06. The fourth-order valence-corrected chi connectivity index (χ4v) is 1.32. The van der Waals surface area contributed by atoms with Gasteiger partial charge in [0.2, 0.25) is 5.91 Å². The van der Waals surface area contributed by atoms with E-state index in [0.717, 1.165) is 0 Å². The number of rotatable bonds is 2. The highest BCUT2D eigenvalue weighted by Crippen LogP contribution is 2.09. The Kier molecular flexibility index (Phi) is 3.22. The van der Waals surface area contributed by atoms with Crippen LogP contribution >= 0.6 is 12.2 Å². The van der Waals surface area contributed by atoms with Gasteiger partial charge in [0.05, 0.1) is 12.6 Å². The van der Waals surface area contributed by atoms with Crippen molar-refractivity contribution >= 4 is 23.3 Å². The lowest BCUT2D eigenvalue weighted by Gasteiger charge is -2.20. The molecule has 5 heteroatoms. The second-order valence-corrected chi connectivity index (χ2v) is 3.72. The summed E-state index contributed by atoms with van der Waals surface area (Å²) in [5.41, 5.74) is 5.70. The summed E-state index contributed by atoms with van der Waals surface area (Å²) in [5.74, 6) is -0.0200. The maximum Gasteiger partial charge on any atom is 0.266 e. The van der Waals surface area contributed by atoms with E-state index in [4.69, 9.17) is 22.7 Å². The first-order valence-electron chi connectivity index (χ1n) is 4.27. The smallest absolute Gasteiger partial charge is 0.266 e. The molecular formula is C8H14N2O2S. The molecule has 0 aromatic carbocycles. The molecular weight excluding hydrogens is 188 g/mol. The van der Waals surface area contributed by atoms with Crippen molar-refractivity contribution in [2.75, 3.05) is 13.2 Å². The molecule has 0 aliphatic carbocycles.